The zero-order valence-electron chi connectivity index (χ0n) is 21.7. The summed E-state index contributed by atoms with van der Waals surface area (Å²) in [6.45, 7) is 1.82. The van der Waals surface area contributed by atoms with Gasteiger partial charge < -0.3 is 30.7 Å². The van der Waals surface area contributed by atoms with Crippen LogP contribution in [0.4, 0.5) is 0 Å². The number of likely N-dealkylation sites (tertiary alicyclic amines) is 1. The standard InChI is InChI=1S/C28H31N5O5S/c1-17(24-12-19(16-39-24)26(29)30)32-28(36)23-13-22(37-2)15-33(23)25(34)14-31-27(35)18-8-10-21(11-9-18)38-20-6-4-3-5-7-20/h3-12,16-17,22-23H,13-15H2,1-2H3,(H3,29,30)(H,31,35)(H,32,36)/t17?,22-,23+/m1/s1. The largest absolute Gasteiger partial charge is 0.457 e. The zero-order chi connectivity index (χ0) is 27.9. The number of thiophene rings is 1. The first kappa shape index (κ1) is 27.8. The first-order valence-corrected chi connectivity index (χ1v) is 13.3. The van der Waals surface area contributed by atoms with E-state index in [0.29, 0.717) is 29.0 Å². The number of amidine groups is 1. The maximum absolute atomic E-state index is 13.1. The quantitative estimate of drug-likeness (QED) is 0.226. The molecule has 10 nitrogen and oxygen atoms in total. The van der Waals surface area contributed by atoms with Gasteiger partial charge in [0.2, 0.25) is 11.8 Å². The van der Waals surface area contributed by atoms with Crippen LogP contribution in [0.25, 0.3) is 0 Å². The van der Waals surface area contributed by atoms with Gasteiger partial charge in [-0.1, -0.05) is 18.2 Å². The third-order valence-electron chi connectivity index (χ3n) is 6.43. The van der Waals surface area contributed by atoms with Gasteiger partial charge in [-0.15, -0.1) is 11.3 Å². The lowest BCUT2D eigenvalue weighted by atomic mass is 10.1. The van der Waals surface area contributed by atoms with E-state index in [1.807, 2.05) is 37.3 Å². The van der Waals surface area contributed by atoms with Crippen LogP contribution in [0.5, 0.6) is 11.5 Å². The van der Waals surface area contributed by atoms with E-state index in [9.17, 15) is 14.4 Å². The first-order chi connectivity index (χ1) is 18.7. The molecule has 3 aromatic rings. The van der Waals surface area contributed by atoms with Crippen molar-refractivity contribution in [3.63, 3.8) is 0 Å². The van der Waals surface area contributed by atoms with Crippen molar-refractivity contribution in [2.75, 3.05) is 20.2 Å². The van der Waals surface area contributed by atoms with Crippen LogP contribution in [0, 0.1) is 5.41 Å². The second-order valence-electron chi connectivity index (χ2n) is 9.16. The Morgan fingerprint density at radius 1 is 1.10 bits per heavy atom. The molecule has 1 aliphatic heterocycles. The second kappa shape index (κ2) is 12.5. The summed E-state index contributed by atoms with van der Waals surface area (Å²) in [5.74, 6) is 0.128. The first-order valence-electron chi connectivity index (χ1n) is 12.4. The molecule has 1 fully saturated rings. The number of hydrogen-bond acceptors (Lipinski definition) is 7. The van der Waals surface area contributed by atoms with E-state index in [1.165, 1.54) is 23.3 Å². The minimum absolute atomic E-state index is 0.0370. The fourth-order valence-electron chi connectivity index (χ4n) is 4.25. The van der Waals surface area contributed by atoms with Gasteiger partial charge in [-0.2, -0.15) is 0 Å². The molecule has 39 heavy (non-hydrogen) atoms. The van der Waals surface area contributed by atoms with Gasteiger partial charge >= 0.3 is 0 Å². The van der Waals surface area contributed by atoms with E-state index >= 15 is 0 Å². The molecule has 2 aromatic carbocycles. The van der Waals surface area contributed by atoms with Gasteiger partial charge in [-0.05, 0) is 49.4 Å². The summed E-state index contributed by atoms with van der Waals surface area (Å²) in [5, 5.41) is 14.9. The number of amides is 3. The van der Waals surface area contributed by atoms with Crippen LogP contribution in [0.2, 0.25) is 0 Å². The monoisotopic (exact) mass is 549 g/mol. The Kier molecular flexibility index (Phi) is 8.95. The Morgan fingerprint density at radius 3 is 2.44 bits per heavy atom. The molecule has 3 amide bonds. The predicted molar refractivity (Wildman–Crippen MR) is 148 cm³/mol. The summed E-state index contributed by atoms with van der Waals surface area (Å²) in [6, 6.07) is 16.6. The fourth-order valence-corrected chi connectivity index (χ4v) is 5.17. The lowest BCUT2D eigenvalue weighted by Crippen LogP contribution is -2.49. The van der Waals surface area contributed by atoms with Crippen LogP contribution in [0.15, 0.2) is 66.0 Å². The number of ether oxygens (including phenoxy) is 2. The Balaban J connectivity index is 1.33. The van der Waals surface area contributed by atoms with Gasteiger partial charge in [0.05, 0.1) is 18.7 Å². The summed E-state index contributed by atoms with van der Waals surface area (Å²) < 4.78 is 11.2. The number of para-hydroxylation sites is 1. The van der Waals surface area contributed by atoms with Crippen molar-refractivity contribution in [2.45, 2.75) is 31.5 Å². The number of hydrogen-bond donors (Lipinski definition) is 4. The Hall–Kier alpha value is -4.22. The number of carbonyl (C=O) groups is 3. The van der Waals surface area contributed by atoms with Crippen molar-refractivity contribution in [2.24, 2.45) is 5.73 Å². The smallest absolute Gasteiger partial charge is 0.251 e. The molecule has 4 rings (SSSR count). The highest BCUT2D eigenvalue weighted by atomic mass is 32.1. The lowest BCUT2D eigenvalue weighted by Gasteiger charge is -2.25. The molecule has 3 atom stereocenters. The van der Waals surface area contributed by atoms with Crippen LogP contribution < -0.4 is 21.1 Å². The van der Waals surface area contributed by atoms with Crippen molar-refractivity contribution in [3.8, 4) is 11.5 Å². The Bertz CT molecular complexity index is 1330. The molecule has 1 aliphatic rings. The summed E-state index contributed by atoms with van der Waals surface area (Å²) >= 11 is 1.40. The van der Waals surface area contributed by atoms with Gasteiger partial charge in [-0.25, -0.2) is 0 Å². The molecule has 1 unspecified atom stereocenters. The highest BCUT2D eigenvalue weighted by Gasteiger charge is 2.40. The van der Waals surface area contributed by atoms with Crippen molar-refractivity contribution in [1.82, 2.24) is 15.5 Å². The van der Waals surface area contributed by atoms with E-state index in [4.69, 9.17) is 20.6 Å². The van der Waals surface area contributed by atoms with Crippen LogP contribution in [-0.4, -0.2) is 60.8 Å². The number of methoxy groups -OCH3 is 1. The zero-order valence-corrected chi connectivity index (χ0v) is 22.5. The van der Waals surface area contributed by atoms with E-state index in [1.54, 1.807) is 35.7 Å². The van der Waals surface area contributed by atoms with Crippen LogP contribution >= 0.6 is 11.3 Å². The van der Waals surface area contributed by atoms with E-state index in [2.05, 4.69) is 10.6 Å². The molecule has 204 valence electrons. The van der Waals surface area contributed by atoms with Crippen molar-refractivity contribution in [1.29, 1.82) is 5.41 Å². The van der Waals surface area contributed by atoms with Gasteiger partial charge in [0.25, 0.3) is 5.91 Å². The molecule has 1 aromatic heterocycles. The van der Waals surface area contributed by atoms with Crippen molar-refractivity contribution < 1.29 is 23.9 Å². The normalized spacial score (nSPS) is 17.3. The molecule has 1 saturated heterocycles. The van der Waals surface area contributed by atoms with E-state index < -0.39 is 11.9 Å². The van der Waals surface area contributed by atoms with E-state index in [0.717, 1.165) is 4.88 Å². The molecule has 0 spiro atoms. The van der Waals surface area contributed by atoms with Crippen molar-refractivity contribution >= 4 is 34.9 Å². The number of nitrogen functional groups attached to an aromatic ring is 1. The highest BCUT2D eigenvalue weighted by molar-refractivity contribution is 7.10. The van der Waals surface area contributed by atoms with Crippen LogP contribution in [-0.2, 0) is 14.3 Å². The SMILES string of the molecule is CO[C@@H]1C[C@@H](C(=O)NC(C)c2cc(C(=N)N)cs2)N(C(=O)CNC(=O)c2ccc(Oc3ccccc3)cc2)C1. The summed E-state index contributed by atoms with van der Waals surface area (Å²) in [4.78, 5) is 41.2. The molecule has 0 bridgehead atoms. The Morgan fingerprint density at radius 2 is 1.79 bits per heavy atom. The minimum atomic E-state index is -0.733. The molecular weight excluding hydrogens is 518 g/mol. The Labute approximate surface area is 230 Å². The topological polar surface area (TPSA) is 147 Å². The third-order valence-corrected chi connectivity index (χ3v) is 7.55. The summed E-state index contributed by atoms with van der Waals surface area (Å²) in [6.07, 6.45) is 0.0553. The molecule has 2 heterocycles. The lowest BCUT2D eigenvalue weighted by molar-refractivity contribution is -0.138. The van der Waals surface area contributed by atoms with Gasteiger partial charge in [0.1, 0.15) is 23.4 Å². The molecule has 5 N–H and O–H groups in total. The fraction of sp³-hybridized carbons (Fsp3) is 0.286. The minimum Gasteiger partial charge on any atom is -0.457 e. The highest BCUT2D eigenvalue weighted by Crippen LogP contribution is 2.25. The maximum atomic E-state index is 13.1. The second-order valence-corrected chi connectivity index (χ2v) is 10.1. The molecule has 0 aliphatic carbocycles. The van der Waals surface area contributed by atoms with E-state index in [-0.39, 0.29) is 42.9 Å². The van der Waals surface area contributed by atoms with Crippen LogP contribution in [0.3, 0.4) is 0 Å². The molecule has 11 heteroatoms. The predicted octanol–water partition coefficient (Wildman–Crippen LogP) is 3.05. The maximum Gasteiger partial charge on any atom is 0.251 e. The van der Waals surface area contributed by atoms with Gasteiger partial charge in [0.15, 0.2) is 0 Å². The van der Waals surface area contributed by atoms with Crippen molar-refractivity contribution in [3.05, 3.63) is 82.0 Å². The number of nitrogens with one attached hydrogen (secondary N) is 3. The average molecular weight is 550 g/mol. The summed E-state index contributed by atoms with van der Waals surface area (Å²) in [5.41, 5.74) is 6.52. The molecule has 0 saturated carbocycles. The molecule has 0 radical (unpaired) electrons. The summed E-state index contributed by atoms with van der Waals surface area (Å²) in [7, 11) is 1.54. The number of rotatable bonds is 10. The number of nitrogens with zero attached hydrogens (tertiary/aromatic N) is 1. The number of benzene rings is 2. The number of carbonyl (C=O) groups excluding carboxylic acids is 3. The van der Waals surface area contributed by atoms with Gasteiger partial charge in [-0.3, -0.25) is 19.8 Å². The van der Waals surface area contributed by atoms with Gasteiger partial charge in [0, 0.05) is 41.5 Å². The average Bonchev–Trinajstić information content (AvgIpc) is 3.61. The number of nitrogens with two attached hydrogens (primary N) is 1. The third kappa shape index (κ3) is 7.01. The van der Waals surface area contributed by atoms with Crippen LogP contribution in [0.1, 0.15) is 40.2 Å². The molecular formula is C28H31N5O5S.